The number of nitrogens with zero attached hydrogens (tertiary/aromatic N) is 1. The molecule has 1 aliphatic carbocycles. The second-order valence-electron chi connectivity index (χ2n) is 5.39. The van der Waals surface area contributed by atoms with Crippen molar-refractivity contribution < 1.29 is 14.8 Å². The number of carboxylic acids is 1. The number of carboxylic acid groups (broad SMARTS) is 1. The molecule has 1 saturated carbocycles. The zero-order chi connectivity index (χ0) is 14.2. The Morgan fingerprint density at radius 3 is 2.63 bits per heavy atom. The topological polar surface area (TPSA) is 92.5 Å². The van der Waals surface area contributed by atoms with E-state index in [1.54, 1.807) is 6.92 Å². The maximum atomic E-state index is 11.0. The molecular weight excluding hydrogens is 248 g/mol. The van der Waals surface area contributed by atoms with Crippen LogP contribution in [0.3, 0.4) is 0 Å². The summed E-state index contributed by atoms with van der Waals surface area (Å²) in [6, 6.07) is 2.55. The number of nitro groups is 1. The van der Waals surface area contributed by atoms with Gasteiger partial charge in [0.2, 0.25) is 0 Å². The normalized spacial score (nSPS) is 15.9. The van der Waals surface area contributed by atoms with Gasteiger partial charge in [-0.25, -0.2) is 4.79 Å². The second kappa shape index (κ2) is 4.53. The number of benzene rings is 1. The standard InChI is InChI=1S/C13H16N2O4/c1-8-10(14-7-13(2)3-4-13)5-9(12(16)17)6-11(8)15(18)19/h5-6,14H,3-4,7H2,1-2H3,(H,16,17). The summed E-state index contributed by atoms with van der Waals surface area (Å²) in [6.07, 6.45) is 2.25. The molecule has 1 fully saturated rings. The van der Waals surface area contributed by atoms with Gasteiger partial charge in [-0.1, -0.05) is 6.92 Å². The van der Waals surface area contributed by atoms with E-state index in [2.05, 4.69) is 12.2 Å². The third-order valence-electron chi connectivity index (χ3n) is 3.63. The van der Waals surface area contributed by atoms with Gasteiger partial charge in [0.15, 0.2) is 0 Å². The third kappa shape index (κ3) is 2.83. The molecule has 6 nitrogen and oxygen atoms in total. The first-order valence-electron chi connectivity index (χ1n) is 6.09. The maximum absolute atomic E-state index is 11.0. The SMILES string of the molecule is Cc1c(NCC2(C)CC2)cc(C(=O)O)cc1[N+](=O)[O-]. The van der Waals surface area contributed by atoms with Crippen LogP contribution in [0.15, 0.2) is 12.1 Å². The molecule has 19 heavy (non-hydrogen) atoms. The summed E-state index contributed by atoms with van der Waals surface area (Å²) in [5.74, 6) is -1.16. The molecule has 0 heterocycles. The van der Waals surface area contributed by atoms with Gasteiger partial charge in [-0.15, -0.1) is 0 Å². The molecule has 0 atom stereocenters. The van der Waals surface area contributed by atoms with Crippen molar-refractivity contribution in [2.45, 2.75) is 26.7 Å². The number of aromatic carboxylic acids is 1. The van der Waals surface area contributed by atoms with Gasteiger partial charge in [0.25, 0.3) is 5.69 Å². The van der Waals surface area contributed by atoms with E-state index in [-0.39, 0.29) is 16.7 Å². The Bertz CT molecular complexity index is 550. The van der Waals surface area contributed by atoms with Crippen LogP contribution in [-0.2, 0) is 0 Å². The molecule has 0 spiro atoms. The number of rotatable bonds is 5. The van der Waals surface area contributed by atoms with E-state index in [1.165, 1.54) is 6.07 Å². The van der Waals surface area contributed by atoms with Gasteiger partial charge in [-0.05, 0) is 31.2 Å². The van der Waals surface area contributed by atoms with Crippen LogP contribution in [0, 0.1) is 22.5 Å². The van der Waals surface area contributed by atoms with Gasteiger partial charge in [0.05, 0.1) is 10.5 Å². The summed E-state index contributed by atoms with van der Waals surface area (Å²) in [6.45, 7) is 4.46. The lowest BCUT2D eigenvalue weighted by molar-refractivity contribution is -0.385. The van der Waals surface area contributed by atoms with E-state index in [0.29, 0.717) is 17.8 Å². The number of hydrogen-bond acceptors (Lipinski definition) is 4. The smallest absolute Gasteiger partial charge is 0.336 e. The lowest BCUT2D eigenvalue weighted by atomic mass is 10.1. The first-order valence-corrected chi connectivity index (χ1v) is 6.09. The van der Waals surface area contributed by atoms with Crippen LogP contribution in [0.2, 0.25) is 0 Å². The first-order chi connectivity index (χ1) is 8.82. The second-order valence-corrected chi connectivity index (χ2v) is 5.39. The maximum Gasteiger partial charge on any atom is 0.336 e. The van der Waals surface area contributed by atoms with Gasteiger partial charge in [0, 0.05) is 23.9 Å². The molecule has 2 rings (SSSR count). The molecule has 1 aromatic rings. The third-order valence-corrected chi connectivity index (χ3v) is 3.63. The largest absolute Gasteiger partial charge is 0.478 e. The minimum atomic E-state index is -1.16. The average Bonchev–Trinajstić information content (AvgIpc) is 3.05. The molecular formula is C13H16N2O4. The molecule has 0 radical (unpaired) electrons. The Kier molecular flexibility index (Phi) is 3.18. The van der Waals surface area contributed by atoms with E-state index < -0.39 is 10.9 Å². The monoisotopic (exact) mass is 264 g/mol. The predicted octanol–water partition coefficient (Wildman–Crippen LogP) is 2.81. The molecule has 2 N–H and O–H groups in total. The van der Waals surface area contributed by atoms with E-state index in [0.717, 1.165) is 18.9 Å². The van der Waals surface area contributed by atoms with Gasteiger partial charge in [0.1, 0.15) is 0 Å². The lowest BCUT2D eigenvalue weighted by Crippen LogP contribution is -2.13. The van der Waals surface area contributed by atoms with Crippen molar-refractivity contribution in [1.82, 2.24) is 0 Å². The summed E-state index contributed by atoms with van der Waals surface area (Å²) in [5.41, 5.74) is 1.00. The van der Waals surface area contributed by atoms with Crippen LogP contribution in [0.5, 0.6) is 0 Å². The van der Waals surface area contributed by atoms with Gasteiger partial charge < -0.3 is 10.4 Å². The van der Waals surface area contributed by atoms with Crippen molar-refractivity contribution in [3.63, 3.8) is 0 Å². The molecule has 0 bridgehead atoms. The zero-order valence-corrected chi connectivity index (χ0v) is 10.9. The molecule has 6 heteroatoms. The van der Waals surface area contributed by atoms with Gasteiger partial charge in [-0.3, -0.25) is 10.1 Å². The molecule has 0 aromatic heterocycles. The number of anilines is 1. The highest BCUT2D eigenvalue weighted by Gasteiger charge is 2.37. The van der Waals surface area contributed by atoms with Crippen molar-refractivity contribution in [3.05, 3.63) is 33.4 Å². The molecule has 0 aliphatic heterocycles. The summed E-state index contributed by atoms with van der Waals surface area (Å²) >= 11 is 0. The fourth-order valence-electron chi connectivity index (χ4n) is 1.89. The molecule has 0 unspecified atom stereocenters. The minimum Gasteiger partial charge on any atom is -0.478 e. The van der Waals surface area contributed by atoms with E-state index in [1.807, 2.05) is 0 Å². The molecule has 1 aromatic carbocycles. The van der Waals surface area contributed by atoms with Crippen molar-refractivity contribution in [3.8, 4) is 0 Å². The van der Waals surface area contributed by atoms with Crippen LogP contribution in [0.1, 0.15) is 35.7 Å². The van der Waals surface area contributed by atoms with Crippen LogP contribution >= 0.6 is 0 Å². The molecule has 102 valence electrons. The highest BCUT2D eigenvalue weighted by Crippen LogP contribution is 2.45. The lowest BCUT2D eigenvalue weighted by Gasteiger charge is -2.14. The van der Waals surface area contributed by atoms with E-state index in [9.17, 15) is 14.9 Å². The fourth-order valence-corrected chi connectivity index (χ4v) is 1.89. The summed E-state index contributed by atoms with van der Waals surface area (Å²) < 4.78 is 0. The van der Waals surface area contributed by atoms with Gasteiger partial charge >= 0.3 is 5.97 Å². The Morgan fingerprint density at radius 2 is 2.16 bits per heavy atom. The Hall–Kier alpha value is -2.11. The highest BCUT2D eigenvalue weighted by atomic mass is 16.6. The number of nitrogens with one attached hydrogen (secondary N) is 1. The van der Waals surface area contributed by atoms with Crippen molar-refractivity contribution in [1.29, 1.82) is 0 Å². The number of hydrogen-bond donors (Lipinski definition) is 2. The zero-order valence-electron chi connectivity index (χ0n) is 10.9. The van der Waals surface area contributed by atoms with Crippen LogP contribution < -0.4 is 5.32 Å². The van der Waals surface area contributed by atoms with Crippen molar-refractivity contribution >= 4 is 17.3 Å². The molecule has 1 aliphatic rings. The summed E-state index contributed by atoms with van der Waals surface area (Å²) in [7, 11) is 0. The first kappa shape index (κ1) is 13.3. The van der Waals surface area contributed by atoms with Crippen molar-refractivity contribution in [2.75, 3.05) is 11.9 Å². The summed E-state index contributed by atoms with van der Waals surface area (Å²) in [5, 5.41) is 23.1. The van der Waals surface area contributed by atoms with Crippen LogP contribution in [-0.4, -0.2) is 22.5 Å². The van der Waals surface area contributed by atoms with Crippen molar-refractivity contribution in [2.24, 2.45) is 5.41 Å². The quantitative estimate of drug-likeness (QED) is 0.630. The Morgan fingerprint density at radius 1 is 1.53 bits per heavy atom. The number of nitro benzene ring substituents is 1. The average molecular weight is 264 g/mol. The van der Waals surface area contributed by atoms with Crippen LogP contribution in [0.25, 0.3) is 0 Å². The van der Waals surface area contributed by atoms with E-state index >= 15 is 0 Å². The number of carbonyl (C=O) groups is 1. The Labute approximate surface area is 110 Å². The van der Waals surface area contributed by atoms with Crippen LogP contribution in [0.4, 0.5) is 11.4 Å². The minimum absolute atomic E-state index is 0.0687. The molecule has 0 amide bonds. The van der Waals surface area contributed by atoms with Gasteiger partial charge in [-0.2, -0.15) is 0 Å². The highest BCUT2D eigenvalue weighted by molar-refractivity contribution is 5.90. The summed E-state index contributed by atoms with van der Waals surface area (Å²) in [4.78, 5) is 21.4. The molecule has 0 saturated heterocycles. The van der Waals surface area contributed by atoms with E-state index in [4.69, 9.17) is 5.11 Å². The fraction of sp³-hybridized carbons (Fsp3) is 0.462. The predicted molar refractivity (Wildman–Crippen MR) is 70.6 cm³/mol. The Balaban J connectivity index is 2.34.